The molecular weight excluding hydrogens is 310 g/mol. The highest BCUT2D eigenvalue weighted by molar-refractivity contribution is 9.10. The fourth-order valence-electron chi connectivity index (χ4n) is 2.04. The number of rotatable bonds is 1. The fraction of sp³-hybridized carbons (Fsp3) is 0.692. The number of ether oxygens (including phenoxy) is 1. The molecule has 2 rings (SSSR count). The van der Waals surface area contributed by atoms with Gasteiger partial charge in [-0.2, -0.15) is 5.10 Å². The van der Waals surface area contributed by atoms with Crippen molar-refractivity contribution in [1.82, 2.24) is 14.7 Å². The first-order valence-corrected chi connectivity index (χ1v) is 7.17. The molecule has 1 fully saturated rings. The van der Waals surface area contributed by atoms with Gasteiger partial charge < -0.3 is 9.64 Å². The van der Waals surface area contributed by atoms with Crippen molar-refractivity contribution < 1.29 is 12.3 Å². The highest BCUT2D eigenvalue weighted by Crippen LogP contribution is 2.24. The van der Waals surface area contributed by atoms with Crippen LogP contribution in [0.15, 0.2) is 16.8 Å². The smallest absolute Gasteiger partial charge is 0.410 e. The van der Waals surface area contributed by atoms with Crippen LogP contribution in [0.5, 0.6) is 0 Å². The SMILES string of the molecule is [2H]c1c(Br)nn(C2CCN(C(=O)OC(C)(C)C)CC2)c1[2H]. The van der Waals surface area contributed by atoms with Crippen LogP contribution in [0.2, 0.25) is 0 Å². The van der Waals surface area contributed by atoms with Crippen molar-refractivity contribution in [3.63, 3.8) is 0 Å². The van der Waals surface area contributed by atoms with Gasteiger partial charge in [-0.1, -0.05) is 0 Å². The first kappa shape index (κ1) is 11.8. The summed E-state index contributed by atoms with van der Waals surface area (Å²) < 4.78 is 22.9. The Labute approximate surface area is 124 Å². The van der Waals surface area contributed by atoms with E-state index in [0.717, 1.165) is 0 Å². The minimum atomic E-state index is -0.491. The lowest BCUT2D eigenvalue weighted by Gasteiger charge is -2.33. The monoisotopic (exact) mass is 331 g/mol. The molecule has 106 valence electrons. The molecule has 1 amide bonds. The van der Waals surface area contributed by atoms with Crippen LogP contribution in [0.1, 0.15) is 42.4 Å². The Morgan fingerprint density at radius 3 is 2.63 bits per heavy atom. The zero-order valence-electron chi connectivity index (χ0n) is 13.4. The normalized spacial score (nSPS) is 19.1. The number of amides is 1. The van der Waals surface area contributed by atoms with Crippen LogP contribution in [-0.2, 0) is 4.74 Å². The maximum atomic E-state index is 12.0. The minimum Gasteiger partial charge on any atom is -0.444 e. The van der Waals surface area contributed by atoms with E-state index in [1.807, 2.05) is 20.8 Å². The molecule has 0 atom stereocenters. The van der Waals surface area contributed by atoms with Gasteiger partial charge >= 0.3 is 6.09 Å². The molecule has 0 N–H and O–H groups in total. The van der Waals surface area contributed by atoms with Crippen LogP contribution in [0.3, 0.4) is 0 Å². The van der Waals surface area contributed by atoms with E-state index >= 15 is 0 Å². The third-order valence-electron chi connectivity index (χ3n) is 2.93. The summed E-state index contributed by atoms with van der Waals surface area (Å²) in [5, 5.41) is 4.19. The Hall–Kier alpha value is -1.04. The summed E-state index contributed by atoms with van der Waals surface area (Å²) in [5.41, 5.74) is -0.491. The first-order chi connectivity index (χ1) is 9.69. The van der Waals surface area contributed by atoms with Gasteiger partial charge in [0.05, 0.1) is 8.78 Å². The van der Waals surface area contributed by atoms with E-state index in [9.17, 15) is 4.79 Å². The molecule has 0 saturated carbocycles. The number of hydrogen-bond acceptors (Lipinski definition) is 3. The summed E-state index contributed by atoms with van der Waals surface area (Å²) >= 11 is 3.18. The van der Waals surface area contributed by atoms with Crippen LogP contribution in [0, 0.1) is 0 Å². The van der Waals surface area contributed by atoms with Crippen molar-refractivity contribution in [2.24, 2.45) is 0 Å². The van der Waals surface area contributed by atoms with Crippen molar-refractivity contribution in [1.29, 1.82) is 0 Å². The van der Waals surface area contributed by atoms with Crippen molar-refractivity contribution in [3.8, 4) is 0 Å². The molecule has 1 aliphatic heterocycles. The summed E-state index contributed by atoms with van der Waals surface area (Å²) in [7, 11) is 0. The molecule has 0 aromatic carbocycles. The predicted octanol–water partition coefficient (Wildman–Crippen LogP) is 3.22. The van der Waals surface area contributed by atoms with Gasteiger partial charge in [0, 0.05) is 19.3 Å². The quantitative estimate of drug-likeness (QED) is 0.793. The predicted molar refractivity (Wildman–Crippen MR) is 76.0 cm³/mol. The number of nitrogens with zero attached hydrogens (tertiary/aromatic N) is 3. The Morgan fingerprint density at radius 2 is 2.16 bits per heavy atom. The lowest BCUT2D eigenvalue weighted by atomic mass is 10.1. The summed E-state index contributed by atoms with van der Waals surface area (Å²) in [5.74, 6) is 0. The standard InChI is InChI=1S/C13H20BrN3O2/c1-13(2,3)19-12(18)16-7-4-10(5-8-16)17-9-6-11(14)15-17/h6,9-10H,4-5,7-8H2,1-3H3/i6D,9D. The molecule has 1 aromatic rings. The summed E-state index contributed by atoms with van der Waals surface area (Å²) in [6.07, 6.45) is 1.23. The Balaban J connectivity index is 1.97. The molecule has 0 spiro atoms. The second kappa shape index (κ2) is 5.53. The number of aromatic nitrogens is 2. The molecule has 2 heterocycles. The maximum Gasteiger partial charge on any atom is 0.410 e. The highest BCUT2D eigenvalue weighted by atomic mass is 79.9. The number of likely N-dealkylation sites (tertiary alicyclic amines) is 1. The average Bonchev–Trinajstić information content (AvgIpc) is 2.65. The van der Waals surface area contributed by atoms with Gasteiger partial charge in [-0.05, 0) is 55.6 Å². The van der Waals surface area contributed by atoms with Gasteiger partial charge in [0.1, 0.15) is 10.2 Å². The van der Waals surface area contributed by atoms with E-state index in [2.05, 4.69) is 21.0 Å². The number of piperidine rings is 1. The summed E-state index contributed by atoms with van der Waals surface area (Å²) in [4.78, 5) is 13.7. The van der Waals surface area contributed by atoms with Crippen LogP contribution < -0.4 is 0 Å². The second-order valence-corrected chi connectivity index (χ2v) is 6.42. The van der Waals surface area contributed by atoms with Gasteiger partial charge in [0.25, 0.3) is 0 Å². The van der Waals surface area contributed by atoms with Gasteiger partial charge in [0.15, 0.2) is 0 Å². The minimum absolute atomic E-state index is 0.0478. The Kier molecular flexibility index (Phi) is 3.42. The largest absolute Gasteiger partial charge is 0.444 e. The molecule has 5 nitrogen and oxygen atoms in total. The molecule has 0 unspecified atom stereocenters. The number of carbonyl (C=O) groups excluding carboxylic acids is 1. The fourth-order valence-corrected chi connectivity index (χ4v) is 2.30. The van der Waals surface area contributed by atoms with E-state index in [0.29, 0.717) is 30.5 Å². The molecule has 1 saturated heterocycles. The van der Waals surface area contributed by atoms with Gasteiger partial charge in [-0.25, -0.2) is 4.79 Å². The lowest BCUT2D eigenvalue weighted by molar-refractivity contribution is 0.0184. The van der Waals surface area contributed by atoms with Crippen molar-refractivity contribution in [2.75, 3.05) is 13.1 Å². The lowest BCUT2D eigenvalue weighted by Crippen LogP contribution is -2.42. The molecule has 1 aliphatic rings. The Bertz CT molecular complexity index is 534. The van der Waals surface area contributed by atoms with Crippen LogP contribution in [0.4, 0.5) is 4.79 Å². The Morgan fingerprint density at radius 1 is 1.53 bits per heavy atom. The third-order valence-corrected chi connectivity index (χ3v) is 3.29. The molecular formula is C13H20BrN3O2. The number of hydrogen-bond donors (Lipinski definition) is 0. The van der Waals surface area contributed by atoms with Gasteiger partial charge in [0.2, 0.25) is 0 Å². The maximum absolute atomic E-state index is 12.0. The van der Waals surface area contributed by atoms with Crippen molar-refractivity contribution >= 4 is 22.0 Å². The van der Waals surface area contributed by atoms with E-state index in [1.165, 1.54) is 0 Å². The molecule has 6 heteroatoms. The van der Waals surface area contributed by atoms with E-state index in [4.69, 9.17) is 7.48 Å². The van der Waals surface area contributed by atoms with Gasteiger partial charge in [-0.3, -0.25) is 4.68 Å². The number of carbonyl (C=O) groups is 1. The average molecular weight is 332 g/mol. The van der Waals surface area contributed by atoms with Crippen molar-refractivity contribution in [3.05, 3.63) is 16.8 Å². The zero-order valence-corrected chi connectivity index (χ0v) is 13.0. The van der Waals surface area contributed by atoms with E-state index < -0.39 is 5.60 Å². The molecule has 1 aromatic heterocycles. The molecule has 0 aliphatic carbocycles. The van der Waals surface area contributed by atoms with Gasteiger partial charge in [-0.15, -0.1) is 0 Å². The topological polar surface area (TPSA) is 47.4 Å². The number of halogens is 1. The summed E-state index contributed by atoms with van der Waals surface area (Å²) in [6, 6.07) is 0.149. The zero-order chi connectivity index (χ0) is 15.8. The van der Waals surface area contributed by atoms with Crippen LogP contribution in [0.25, 0.3) is 0 Å². The first-order valence-electron chi connectivity index (χ1n) is 7.38. The highest BCUT2D eigenvalue weighted by Gasteiger charge is 2.27. The third kappa shape index (κ3) is 3.96. The second-order valence-electron chi connectivity index (χ2n) is 5.67. The van der Waals surface area contributed by atoms with Crippen LogP contribution >= 0.6 is 15.9 Å². The molecule has 0 radical (unpaired) electrons. The molecule has 0 bridgehead atoms. The van der Waals surface area contributed by atoms with E-state index in [1.54, 1.807) is 9.58 Å². The van der Waals surface area contributed by atoms with E-state index in [-0.39, 0.29) is 24.4 Å². The molecule has 19 heavy (non-hydrogen) atoms. The van der Waals surface area contributed by atoms with Crippen LogP contribution in [-0.4, -0.2) is 39.5 Å². The summed E-state index contributed by atoms with van der Waals surface area (Å²) in [6.45, 7) is 6.69. The van der Waals surface area contributed by atoms with Crippen molar-refractivity contribution in [2.45, 2.75) is 45.3 Å².